The van der Waals surface area contributed by atoms with Gasteiger partial charge in [0.05, 0.1) is 0 Å². The molecule has 0 rings (SSSR count). The Kier molecular flexibility index (Phi) is 7.93. The molecule has 0 aromatic rings. The van der Waals surface area contributed by atoms with Crippen molar-refractivity contribution >= 4 is 0 Å². The number of nitrogens with zero attached hydrogens (tertiary/aromatic N) is 2. The van der Waals surface area contributed by atoms with E-state index in [-0.39, 0.29) is 21.1 Å². The summed E-state index contributed by atoms with van der Waals surface area (Å²) in [6.07, 6.45) is 0. The molecule has 72 valence electrons. The summed E-state index contributed by atoms with van der Waals surface area (Å²) in [5.41, 5.74) is 0. The van der Waals surface area contributed by atoms with E-state index in [0.29, 0.717) is 12.1 Å². The van der Waals surface area contributed by atoms with Gasteiger partial charge in [0.25, 0.3) is 0 Å². The molecule has 0 fully saturated rings. The van der Waals surface area contributed by atoms with E-state index in [0.717, 1.165) is 0 Å². The Hall–Kier alpha value is 0.608. The maximum Gasteiger partial charge on any atom is 0.0214 e. The number of rotatable bonds is 3. The first-order valence-corrected chi connectivity index (χ1v) is 3.79. The molecule has 0 heterocycles. The minimum absolute atomic E-state index is 0. The SMILES string of the molecule is CC(C(C)N(C)C)N(C)C.[Pt]. The first-order chi connectivity index (χ1) is 4.46. The average molecular weight is 339 g/mol. The molecule has 0 aromatic heterocycles. The zero-order chi connectivity index (χ0) is 8.31. The minimum Gasteiger partial charge on any atom is -0.305 e. The van der Waals surface area contributed by atoms with Gasteiger partial charge in [-0.05, 0) is 42.0 Å². The van der Waals surface area contributed by atoms with Gasteiger partial charge in [-0.2, -0.15) is 0 Å². The molecule has 2 atom stereocenters. The van der Waals surface area contributed by atoms with Crippen LogP contribution in [0.5, 0.6) is 0 Å². The van der Waals surface area contributed by atoms with Crippen LogP contribution >= 0.6 is 0 Å². The van der Waals surface area contributed by atoms with E-state index >= 15 is 0 Å². The van der Waals surface area contributed by atoms with Gasteiger partial charge >= 0.3 is 0 Å². The van der Waals surface area contributed by atoms with Crippen LogP contribution < -0.4 is 0 Å². The van der Waals surface area contributed by atoms with E-state index < -0.39 is 0 Å². The summed E-state index contributed by atoms with van der Waals surface area (Å²) in [7, 11) is 8.46. The quantitative estimate of drug-likeness (QED) is 0.753. The topological polar surface area (TPSA) is 6.48 Å². The van der Waals surface area contributed by atoms with E-state index in [9.17, 15) is 0 Å². The summed E-state index contributed by atoms with van der Waals surface area (Å²) >= 11 is 0. The second kappa shape index (κ2) is 6.16. The summed E-state index contributed by atoms with van der Waals surface area (Å²) in [6.45, 7) is 4.48. The largest absolute Gasteiger partial charge is 0.305 e. The summed E-state index contributed by atoms with van der Waals surface area (Å²) in [5, 5.41) is 0. The van der Waals surface area contributed by atoms with Crippen molar-refractivity contribution in [2.45, 2.75) is 25.9 Å². The standard InChI is InChI=1S/C8H20N2.Pt/c1-7(9(3)4)8(2)10(5)6;/h7-8H,1-6H3;. The third-order valence-electron chi connectivity index (χ3n) is 2.33. The van der Waals surface area contributed by atoms with Crippen molar-refractivity contribution in [3.63, 3.8) is 0 Å². The maximum atomic E-state index is 2.24. The molecule has 0 saturated heterocycles. The van der Waals surface area contributed by atoms with Crippen LogP contribution in [0.3, 0.4) is 0 Å². The minimum atomic E-state index is 0. The second-order valence-corrected chi connectivity index (χ2v) is 3.41. The second-order valence-electron chi connectivity index (χ2n) is 3.41. The number of likely N-dealkylation sites (N-methyl/N-ethyl adjacent to an activating group) is 2. The Balaban J connectivity index is 0. The molecule has 0 N–H and O–H groups in total. The van der Waals surface area contributed by atoms with Crippen molar-refractivity contribution in [2.24, 2.45) is 0 Å². The van der Waals surface area contributed by atoms with Crippen LogP contribution in [-0.4, -0.2) is 50.1 Å². The smallest absolute Gasteiger partial charge is 0.0214 e. The number of hydrogen-bond acceptors (Lipinski definition) is 2. The van der Waals surface area contributed by atoms with Crippen LogP contribution in [0.15, 0.2) is 0 Å². The third kappa shape index (κ3) is 4.95. The van der Waals surface area contributed by atoms with Gasteiger partial charge in [-0.15, -0.1) is 0 Å². The molecule has 0 spiro atoms. The van der Waals surface area contributed by atoms with Crippen LogP contribution in [0.25, 0.3) is 0 Å². The van der Waals surface area contributed by atoms with Gasteiger partial charge < -0.3 is 9.80 Å². The van der Waals surface area contributed by atoms with E-state index in [1.807, 2.05) is 0 Å². The fourth-order valence-electron chi connectivity index (χ4n) is 0.863. The number of hydrogen-bond donors (Lipinski definition) is 0. The summed E-state index contributed by atoms with van der Waals surface area (Å²) in [5.74, 6) is 0. The predicted molar refractivity (Wildman–Crippen MR) is 46.3 cm³/mol. The van der Waals surface area contributed by atoms with Crippen molar-refractivity contribution in [1.29, 1.82) is 0 Å². The molecule has 3 heteroatoms. The van der Waals surface area contributed by atoms with Crippen LogP contribution in [0, 0.1) is 0 Å². The zero-order valence-electron chi connectivity index (χ0n) is 8.37. The van der Waals surface area contributed by atoms with E-state index in [4.69, 9.17) is 0 Å². The molecule has 0 aliphatic carbocycles. The Morgan fingerprint density at radius 1 is 0.727 bits per heavy atom. The van der Waals surface area contributed by atoms with Crippen molar-refractivity contribution < 1.29 is 21.1 Å². The fraction of sp³-hybridized carbons (Fsp3) is 1.00. The Morgan fingerprint density at radius 3 is 1.00 bits per heavy atom. The van der Waals surface area contributed by atoms with Crippen molar-refractivity contribution in [1.82, 2.24) is 9.80 Å². The molecule has 2 unspecified atom stereocenters. The van der Waals surface area contributed by atoms with Crippen LogP contribution in [-0.2, 0) is 21.1 Å². The van der Waals surface area contributed by atoms with Crippen molar-refractivity contribution in [3.05, 3.63) is 0 Å². The van der Waals surface area contributed by atoms with Gasteiger partial charge in [-0.25, -0.2) is 0 Å². The molecule has 0 aliphatic rings. The molecule has 0 radical (unpaired) electrons. The summed E-state index contributed by atoms with van der Waals surface area (Å²) in [6, 6.07) is 1.24. The molecule has 0 saturated carbocycles. The van der Waals surface area contributed by atoms with Crippen molar-refractivity contribution in [2.75, 3.05) is 28.2 Å². The zero-order valence-corrected chi connectivity index (χ0v) is 10.6. The first kappa shape index (κ1) is 14.2. The van der Waals surface area contributed by atoms with Gasteiger partial charge in [0.15, 0.2) is 0 Å². The Labute approximate surface area is 85.2 Å². The van der Waals surface area contributed by atoms with E-state index in [1.54, 1.807) is 0 Å². The van der Waals surface area contributed by atoms with Gasteiger partial charge in [0.1, 0.15) is 0 Å². The normalized spacial score (nSPS) is 16.4. The fourth-order valence-corrected chi connectivity index (χ4v) is 0.863. The van der Waals surface area contributed by atoms with Crippen LogP contribution in [0.2, 0.25) is 0 Å². The predicted octanol–water partition coefficient (Wildman–Crippen LogP) is 0.884. The molecule has 0 amide bonds. The van der Waals surface area contributed by atoms with Gasteiger partial charge in [-0.1, -0.05) is 0 Å². The molecule has 0 aromatic carbocycles. The van der Waals surface area contributed by atoms with Gasteiger partial charge in [0.2, 0.25) is 0 Å². The Bertz CT molecular complexity index is 82.1. The summed E-state index contributed by atoms with van der Waals surface area (Å²) in [4.78, 5) is 4.48. The molecular formula is C8H20N2Pt. The molecule has 2 nitrogen and oxygen atoms in total. The molecule has 11 heavy (non-hydrogen) atoms. The molecule has 0 bridgehead atoms. The third-order valence-corrected chi connectivity index (χ3v) is 2.33. The van der Waals surface area contributed by atoms with Gasteiger partial charge in [0, 0.05) is 33.1 Å². The maximum absolute atomic E-state index is 2.24. The van der Waals surface area contributed by atoms with Crippen molar-refractivity contribution in [3.8, 4) is 0 Å². The Morgan fingerprint density at radius 2 is 0.909 bits per heavy atom. The van der Waals surface area contributed by atoms with Crippen LogP contribution in [0.1, 0.15) is 13.8 Å². The average Bonchev–Trinajstić information content (AvgIpc) is 1.84. The molecular weight excluding hydrogens is 319 g/mol. The van der Waals surface area contributed by atoms with E-state index in [1.165, 1.54) is 0 Å². The van der Waals surface area contributed by atoms with Crippen LogP contribution in [0.4, 0.5) is 0 Å². The molecule has 0 aliphatic heterocycles. The first-order valence-electron chi connectivity index (χ1n) is 3.79. The summed E-state index contributed by atoms with van der Waals surface area (Å²) < 4.78 is 0. The van der Waals surface area contributed by atoms with Gasteiger partial charge in [-0.3, -0.25) is 0 Å². The monoisotopic (exact) mass is 339 g/mol. The van der Waals surface area contributed by atoms with E-state index in [2.05, 4.69) is 51.8 Å².